The maximum atomic E-state index is 12.7. The van der Waals surface area contributed by atoms with Crippen molar-refractivity contribution in [2.24, 2.45) is 5.84 Å². The van der Waals surface area contributed by atoms with Crippen LogP contribution >= 0.6 is 15.9 Å². The fourth-order valence-electron chi connectivity index (χ4n) is 2.28. The summed E-state index contributed by atoms with van der Waals surface area (Å²) < 4.78 is 27.5. The normalized spacial score (nSPS) is 21.3. The van der Waals surface area contributed by atoms with Gasteiger partial charge in [-0.1, -0.05) is 6.42 Å². The Bertz CT molecular complexity index is 564. The Morgan fingerprint density at radius 1 is 1.53 bits per heavy atom. The standard InChI is InChI=1S/C11H17BrN4O2S/c1-8-4-2-3-5-16(8)19(17,18)10-6-9(12)7-14-11(10)15-13/h6-8H,2-5,13H2,1H3,(H,14,15). The Morgan fingerprint density at radius 3 is 2.89 bits per heavy atom. The summed E-state index contributed by atoms with van der Waals surface area (Å²) in [4.78, 5) is 4.10. The summed E-state index contributed by atoms with van der Waals surface area (Å²) in [7, 11) is -3.58. The van der Waals surface area contributed by atoms with E-state index in [4.69, 9.17) is 5.84 Å². The topological polar surface area (TPSA) is 88.3 Å². The van der Waals surface area contributed by atoms with Crippen LogP contribution in [0.15, 0.2) is 21.6 Å². The number of nitrogens with one attached hydrogen (secondary N) is 1. The molecule has 106 valence electrons. The fourth-order valence-corrected chi connectivity index (χ4v) is 4.60. The molecule has 8 heteroatoms. The van der Waals surface area contributed by atoms with Crippen LogP contribution in [0.2, 0.25) is 0 Å². The second-order valence-electron chi connectivity index (χ2n) is 4.61. The smallest absolute Gasteiger partial charge is 0.247 e. The first-order chi connectivity index (χ1) is 8.96. The van der Waals surface area contributed by atoms with E-state index in [2.05, 4.69) is 26.3 Å². The van der Waals surface area contributed by atoms with Gasteiger partial charge in [-0.15, -0.1) is 0 Å². The van der Waals surface area contributed by atoms with E-state index in [9.17, 15) is 8.42 Å². The predicted octanol–water partition coefficient (Wildman–Crippen LogP) is 1.69. The summed E-state index contributed by atoms with van der Waals surface area (Å²) in [5.41, 5.74) is 2.35. The van der Waals surface area contributed by atoms with E-state index in [0.717, 1.165) is 19.3 Å². The van der Waals surface area contributed by atoms with E-state index in [1.807, 2.05) is 6.92 Å². The molecular weight excluding hydrogens is 332 g/mol. The number of halogens is 1. The lowest BCUT2D eigenvalue weighted by Crippen LogP contribution is -2.42. The summed E-state index contributed by atoms with van der Waals surface area (Å²) >= 11 is 3.24. The van der Waals surface area contributed by atoms with Crippen LogP contribution < -0.4 is 11.3 Å². The van der Waals surface area contributed by atoms with Gasteiger partial charge in [-0.2, -0.15) is 4.31 Å². The number of rotatable bonds is 3. The number of hydrogen-bond acceptors (Lipinski definition) is 5. The minimum atomic E-state index is -3.58. The van der Waals surface area contributed by atoms with Crippen molar-refractivity contribution >= 4 is 31.8 Å². The van der Waals surface area contributed by atoms with Crippen LogP contribution in [0.25, 0.3) is 0 Å². The molecule has 1 saturated heterocycles. The lowest BCUT2D eigenvalue weighted by Gasteiger charge is -2.32. The molecule has 1 unspecified atom stereocenters. The van der Waals surface area contributed by atoms with Crippen molar-refractivity contribution in [2.45, 2.75) is 37.1 Å². The molecule has 0 spiro atoms. The Morgan fingerprint density at radius 2 is 2.26 bits per heavy atom. The average Bonchev–Trinajstić information content (AvgIpc) is 2.39. The van der Waals surface area contributed by atoms with Crippen LogP contribution in [-0.2, 0) is 10.0 Å². The predicted molar refractivity (Wildman–Crippen MR) is 77.0 cm³/mol. The quantitative estimate of drug-likeness (QED) is 0.640. The Hall–Kier alpha value is -0.700. The van der Waals surface area contributed by atoms with Gasteiger partial charge in [0.15, 0.2) is 5.82 Å². The monoisotopic (exact) mass is 348 g/mol. The van der Waals surface area contributed by atoms with Crippen LogP contribution in [0, 0.1) is 0 Å². The molecular formula is C11H17BrN4O2S. The average molecular weight is 349 g/mol. The highest BCUT2D eigenvalue weighted by atomic mass is 79.9. The largest absolute Gasteiger partial charge is 0.307 e. The number of pyridine rings is 1. The first-order valence-electron chi connectivity index (χ1n) is 6.11. The van der Waals surface area contributed by atoms with Crippen molar-refractivity contribution in [3.05, 3.63) is 16.7 Å². The van der Waals surface area contributed by atoms with Crippen LogP contribution in [0.3, 0.4) is 0 Å². The van der Waals surface area contributed by atoms with Crippen molar-refractivity contribution in [3.8, 4) is 0 Å². The molecule has 0 radical (unpaired) electrons. The molecule has 1 aliphatic rings. The number of anilines is 1. The van der Waals surface area contributed by atoms with Crippen molar-refractivity contribution in [1.29, 1.82) is 0 Å². The van der Waals surface area contributed by atoms with Crippen LogP contribution in [0.4, 0.5) is 5.82 Å². The molecule has 3 N–H and O–H groups in total. The SMILES string of the molecule is CC1CCCCN1S(=O)(=O)c1cc(Br)cnc1NN. The van der Waals surface area contributed by atoms with Gasteiger partial charge in [-0.25, -0.2) is 19.2 Å². The molecule has 1 aromatic rings. The third kappa shape index (κ3) is 2.91. The maximum absolute atomic E-state index is 12.7. The van der Waals surface area contributed by atoms with Gasteiger partial charge in [0.05, 0.1) is 0 Å². The zero-order chi connectivity index (χ0) is 14.0. The van der Waals surface area contributed by atoms with Crippen LogP contribution in [-0.4, -0.2) is 30.3 Å². The lowest BCUT2D eigenvalue weighted by molar-refractivity contribution is 0.268. The van der Waals surface area contributed by atoms with Gasteiger partial charge in [0, 0.05) is 23.3 Å². The zero-order valence-corrected chi connectivity index (χ0v) is 13.0. The number of hydrazine groups is 1. The summed E-state index contributed by atoms with van der Waals surface area (Å²) in [6.45, 7) is 2.47. The van der Waals surface area contributed by atoms with Gasteiger partial charge >= 0.3 is 0 Å². The Labute approximate surface area is 121 Å². The number of aromatic nitrogens is 1. The van der Waals surface area contributed by atoms with E-state index in [1.165, 1.54) is 16.6 Å². The molecule has 1 aliphatic heterocycles. The fraction of sp³-hybridized carbons (Fsp3) is 0.545. The van der Waals surface area contributed by atoms with Gasteiger partial charge < -0.3 is 5.43 Å². The molecule has 6 nitrogen and oxygen atoms in total. The van der Waals surface area contributed by atoms with Crippen molar-refractivity contribution in [1.82, 2.24) is 9.29 Å². The summed E-state index contributed by atoms with van der Waals surface area (Å²) in [5.74, 6) is 5.52. The van der Waals surface area contributed by atoms with E-state index >= 15 is 0 Å². The number of hydrogen-bond donors (Lipinski definition) is 2. The molecule has 0 aliphatic carbocycles. The van der Waals surface area contributed by atoms with Crippen LogP contribution in [0.1, 0.15) is 26.2 Å². The molecule has 0 bridgehead atoms. The molecule has 2 rings (SSSR count). The molecule has 1 aromatic heterocycles. The molecule has 2 heterocycles. The molecule has 0 saturated carbocycles. The highest BCUT2D eigenvalue weighted by Gasteiger charge is 2.33. The summed E-state index contributed by atoms with van der Waals surface area (Å²) in [6.07, 6.45) is 4.34. The molecule has 1 fully saturated rings. The van der Waals surface area contributed by atoms with Gasteiger partial charge in [0.2, 0.25) is 10.0 Å². The molecule has 0 aromatic carbocycles. The number of nitrogens with zero attached hydrogens (tertiary/aromatic N) is 2. The maximum Gasteiger partial charge on any atom is 0.247 e. The molecule has 0 amide bonds. The van der Waals surface area contributed by atoms with Gasteiger partial charge in [-0.3, -0.25) is 0 Å². The third-order valence-corrected chi connectivity index (χ3v) is 5.75. The van der Waals surface area contributed by atoms with E-state index in [1.54, 1.807) is 0 Å². The second-order valence-corrected chi connectivity index (χ2v) is 7.38. The van der Waals surface area contributed by atoms with Gasteiger partial charge in [0.1, 0.15) is 4.90 Å². The number of piperidine rings is 1. The highest BCUT2D eigenvalue weighted by Crippen LogP contribution is 2.29. The molecule has 19 heavy (non-hydrogen) atoms. The number of sulfonamides is 1. The molecule has 1 atom stereocenters. The van der Waals surface area contributed by atoms with Gasteiger partial charge in [-0.05, 0) is 41.8 Å². The Balaban J connectivity index is 2.46. The van der Waals surface area contributed by atoms with Crippen molar-refractivity contribution < 1.29 is 8.42 Å². The second kappa shape index (κ2) is 5.74. The first kappa shape index (κ1) is 14.7. The zero-order valence-electron chi connectivity index (χ0n) is 10.6. The first-order valence-corrected chi connectivity index (χ1v) is 8.34. The van der Waals surface area contributed by atoms with E-state index in [-0.39, 0.29) is 16.8 Å². The van der Waals surface area contributed by atoms with Crippen molar-refractivity contribution in [3.63, 3.8) is 0 Å². The Kier molecular flexibility index (Phi) is 4.44. The van der Waals surface area contributed by atoms with Crippen LogP contribution in [0.5, 0.6) is 0 Å². The van der Waals surface area contributed by atoms with Gasteiger partial charge in [0.25, 0.3) is 0 Å². The number of nitrogen functional groups attached to an aromatic ring is 1. The highest BCUT2D eigenvalue weighted by molar-refractivity contribution is 9.10. The number of nitrogens with two attached hydrogens (primary N) is 1. The summed E-state index contributed by atoms with van der Waals surface area (Å²) in [5, 5.41) is 0. The van der Waals surface area contributed by atoms with E-state index < -0.39 is 10.0 Å². The van der Waals surface area contributed by atoms with Crippen molar-refractivity contribution in [2.75, 3.05) is 12.0 Å². The van der Waals surface area contributed by atoms with E-state index in [0.29, 0.717) is 11.0 Å². The lowest BCUT2D eigenvalue weighted by atomic mass is 10.1. The minimum absolute atomic E-state index is 0.00311. The third-order valence-electron chi connectivity index (χ3n) is 3.28. The summed E-state index contributed by atoms with van der Waals surface area (Å²) in [6, 6.07) is 1.53. The minimum Gasteiger partial charge on any atom is -0.307 e.